The highest BCUT2D eigenvalue weighted by atomic mass is 35.6. The first-order chi connectivity index (χ1) is 11.9. The highest BCUT2D eigenvalue weighted by Gasteiger charge is 2.60. The summed E-state index contributed by atoms with van der Waals surface area (Å²) in [6.07, 6.45) is 8.45. The summed E-state index contributed by atoms with van der Waals surface area (Å²) in [5.41, 5.74) is 1.59. The Balaban J connectivity index is 2.51. The van der Waals surface area contributed by atoms with Crippen molar-refractivity contribution in [1.82, 2.24) is 0 Å². The van der Waals surface area contributed by atoms with Crippen molar-refractivity contribution in [3.05, 3.63) is 0 Å². The summed E-state index contributed by atoms with van der Waals surface area (Å²) in [6.45, 7) is 22.3. The van der Waals surface area contributed by atoms with Crippen molar-refractivity contribution in [3.8, 4) is 0 Å². The predicted octanol–water partition coefficient (Wildman–Crippen LogP) is 8.90. The molecule has 2 heteroatoms. The first-order valence-corrected chi connectivity index (χ1v) is 14.7. The molecule has 2 aliphatic carbocycles. The molecule has 0 bridgehead atoms. The zero-order chi connectivity index (χ0) is 19.9. The van der Waals surface area contributed by atoms with Crippen LogP contribution in [-0.4, -0.2) is 7.38 Å². The molecule has 6 unspecified atom stereocenters. The van der Waals surface area contributed by atoms with E-state index in [1.54, 1.807) is 0 Å². The standard InChI is InChI=1S/C24H47ClSi/c1-16(2)20-12-10-18(5)14-22(20)26(25,24(7,8)9)23-15-19(6)11-13-21(23)17(3)4/h16-23H,10-15H2,1-9H3. The van der Waals surface area contributed by atoms with Gasteiger partial charge in [0, 0.05) is 0 Å². The van der Waals surface area contributed by atoms with Gasteiger partial charge in [-0.25, -0.2) is 0 Å². The fourth-order valence-electron chi connectivity index (χ4n) is 6.76. The van der Waals surface area contributed by atoms with E-state index in [9.17, 15) is 0 Å². The Labute approximate surface area is 171 Å². The summed E-state index contributed by atoms with van der Waals surface area (Å²) in [7, 11) is -2.01. The zero-order valence-corrected chi connectivity index (χ0v) is 21.0. The molecule has 0 amide bonds. The Morgan fingerprint density at radius 1 is 0.731 bits per heavy atom. The van der Waals surface area contributed by atoms with Crippen molar-refractivity contribution in [2.75, 3.05) is 0 Å². The van der Waals surface area contributed by atoms with E-state index >= 15 is 0 Å². The molecule has 6 atom stereocenters. The molecule has 2 fully saturated rings. The molecule has 2 saturated carbocycles. The van der Waals surface area contributed by atoms with Gasteiger partial charge in [-0.05, 0) is 77.3 Å². The lowest BCUT2D eigenvalue weighted by molar-refractivity contribution is 0.200. The molecular weight excluding hydrogens is 352 g/mol. The lowest BCUT2D eigenvalue weighted by Crippen LogP contribution is -2.55. The maximum absolute atomic E-state index is 8.12. The second-order valence-electron chi connectivity index (χ2n) is 11.9. The monoisotopic (exact) mass is 398 g/mol. The van der Waals surface area contributed by atoms with Crippen LogP contribution in [0.4, 0.5) is 0 Å². The van der Waals surface area contributed by atoms with Gasteiger partial charge in [-0.2, -0.15) is 11.1 Å². The Bertz CT molecular complexity index is 418. The van der Waals surface area contributed by atoms with Crippen LogP contribution >= 0.6 is 11.1 Å². The van der Waals surface area contributed by atoms with Crippen LogP contribution in [0.2, 0.25) is 16.1 Å². The topological polar surface area (TPSA) is 0 Å². The fourth-order valence-corrected chi connectivity index (χ4v) is 14.9. The molecule has 0 spiro atoms. The second-order valence-corrected chi connectivity index (χ2v) is 18.3. The van der Waals surface area contributed by atoms with Crippen LogP contribution in [-0.2, 0) is 0 Å². The van der Waals surface area contributed by atoms with E-state index in [2.05, 4.69) is 62.3 Å². The van der Waals surface area contributed by atoms with Crippen LogP contribution in [0.5, 0.6) is 0 Å². The van der Waals surface area contributed by atoms with E-state index in [1.165, 1.54) is 38.5 Å². The van der Waals surface area contributed by atoms with Crippen molar-refractivity contribution in [2.45, 2.75) is 117 Å². The van der Waals surface area contributed by atoms with Gasteiger partial charge in [0.05, 0.1) is 0 Å². The van der Waals surface area contributed by atoms with Crippen molar-refractivity contribution in [3.63, 3.8) is 0 Å². The predicted molar refractivity (Wildman–Crippen MR) is 122 cm³/mol. The summed E-state index contributed by atoms with van der Waals surface area (Å²) in [5, 5.41) is 0.276. The molecular formula is C24H47ClSi. The highest BCUT2D eigenvalue weighted by molar-refractivity contribution is 7.23. The maximum Gasteiger partial charge on any atom is 0.168 e. The SMILES string of the molecule is CC1CCC(C(C)C)C([Si](Cl)(C2CC(C)CCC2C(C)C)C(C)(C)C)C1. The minimum Gasteiger partial charge on any atom is -0.166 e. The number of halogens is 1. The van der Waals surface area contributed by atoms with Gasteiger partial charge in [0.2, 0.25) is 0 Å². The van der Waals surface area contributed by atoms with E-state index in [0.717, 1.165) is 46.6 Å². The third-order valence-corrected chi connectivity index (χ3v) is 17.4. The van der Waals surface area contributed by atoms with Crippen LogP contribution in [0.15, 0.2) is 0 Å². The molecule has 0 N–H and O–H groups in total. The zero-order valence-electron chi connectivity index (χ0n) is 19.2. The van der Waals surface area contributed by atoms with Crippen molar-refractivity contribution >= 4 is 18.5 Å². The lowest BCUT2D eigenvalue weighted by Gasteiger charge is -2.57. The Hall–Kier alpha value is 0.507. The molecule has 154 valence electrons. The van der Waals surface area contributed by atoms with Gasteiger partial charge < -0.3 is 0 Å². The van der Waals surface area contributed by atoms with E-state index in [1.807, 2.05) is 0 Å². The average molecular weight is 399 g/mol. The van der Waals surface area contributed by atoms with E-state index < -0.39 is 7.38 Å². The smallest absolute Gasteiger partial charge is 0.166 e. The summed E-state index contributed by atoms with van der Waals surface area (Å²) in [4.78, 5) is 0. The quantitative estimate of drug-likeness (QED) is 0.327. The van der Waals surface area contributed by atoms with E-state index in [0.29, 0.717) is 0 Å². The van der Waals surface area contributed by atoms with Gasteiger partial charge in [0.15, 0.2) is 7.38 Å². The summed E-state index contributed by atoms with van der Waals surface area (Å²) in [5.74, 6) is 4.97. The third kappa shape index (κ3) is 4.40. The third-order valence-electron chi connectivity index (χ3n) is 8.27. The Kier molecular flexibility index (Phi) is 7.43. The van der Waals surface area contributed by atoms with Gasteiger partial charge in [0.25, 0.3) is 0 Å². The van der Waals surface area contributed by atoms with Gasteiger partial charge >= 0.3 is 0 Å². The lowest BCUT2D eigenvalue weighted by atomic mass is 9.76. The fraction of sp³-hybridized carbons (Fsp3) is 1.00. The van der Waals surface area contributed by atoms with Crippen LogP contribution in [0.25, 0.3) is 0 Å². The van der Waals surface area contributed by atoms with Gasteiger partial charge in [-0.1, -0.05) is 75.2 Å². The number of rotatable bonds is 4. The van der Waals surface area contributed by atoms with Crippen molar-refractivity contribution in [1.29, 1.82) is 0 Å². The van der Waals surface area contributed by atoms with Crippen LogP contribution in [0.3, 0.4) is 0 Å². The molecule has 0 saturated heterocycles. The first kappa shape index (κ1) is 22.8. The summed E-state index contributed by atoms with van der Waals surface area (Å²) < 4.78 is 0. The molecule has 0 aromatic heterocycles. The molecule has 0 aliphatic heterocycles. The Morgan fingerprint density at radius 2 is 1.08 bits per heavy atom. The van der Waals surface area contributed by atoms with Crippen LogP contribution in [0, 0.1) is 35.5 Å². The minimum absolute atomic E-state index is 0.276. The maximum atomic E-state index is 8.12. The minimum atomic E-state index is -2.01. The Morgan fingerprint density at radius 3 is 1.35 bits per heavy atom. The average Bonchev–Trinajstić information content (AvgIpc) is 2.52. The molecule has 2 aliphatic rings. The molecule has 0 aromatic carbocycles. The van der Waals surface area contributed by atoms with Crippen molar-refractivity contribution in [2.24, 2.45) is 35.5 Å². The molecule has 2 rings (SSSR count). The normalized spacial score (nSPS) is 39.2. The van der Waals surface area contributed by atoms with E-state index in [4.69, 9.17) is 11.1 Å². The summed E-state index contributed by atoms with van der Waals surface area (Å²) >= 11 is 8.12. The summed E-state index contributed by atoms with van der Waals surface area (Å²) in [6, 6.07) is 0. The largest absolute Gasteiger partial charge is 0.168 e. The molecule has 26 heavy (non-hydrogen) atoms. The highest BCUT2D eigenvalue weighted by Crippen LogP contribution is 2.65. The van der Waals surface area contributed by atoms with Crippen LogP contribution in [0.1, 0.15) is 101 Å². The molecule has 0 aromatic rings. The molecule has 0 heterocycles. The van der Waals surface area contributed by atoms with Gasteiger partial charge in [0.1, 0.15) is 0 Å². The number of hydrogen-bond donors (Lipinski definition) is 0. The van der Waals surface area contributed by atoms with Gasteiger partial charge in [-0.15, -0.1) is 0 Å². The molecule has 0 nitrogen and oxygen atoms in total. The first-order valence-electron chi connectivity index (χ1n) is 11.6. The second kappa shape index (κ2) is 8.48. The van der Waals surface area contributed by atoms with Gasteiger partial charge in [-0.3, -0.25) is 0 Å². The van der Waals surface area contributed by atoms with E-state index in [-0.39, 0.29) is 5.04 Å². The number of hydrogen-bond acceptors (Lipinski definition) is 0. The van der Waals surface area contributed by atoms with Crippen molar-refractivity contribution < 1.29 is 0 Å². The molecule has 0 radical (unpaired) electrons. The van der Waals surface area contributed by atoms with Crippen LogP contribution < -0.4 is 0 Å².